The van der Waals surface area contributed by atoms with Crippen LogP contribution in [0.25, 0.3) is 0 Å². The average molecular weight is 297 g/mol. The van der Waals surface area contributed by atoms with Crippen molar-refractivity contribution in [2.75, 3.05) is 6.61 Å². The Balaban J connectivity index is 2.46. The fourth-order valence-corrected chi connectivity index (χ4v) is 2.23. The number of unbranched alkanes of at least 4 members (excludes halogenated alkanes) is 1. The molecule has 0 aliphatic heterocycles. The second kappa shape index (κ2) is 9.15. The molecule has 3 heteroatoms. The van der Waals surface area contributed by atoms with Crippen LogP contribution in [0.5, 0.6) is 0 Å². The molecule has 2 unspecified atom stereocenters. The highest BCUT2D eigenvalue weighted by molar-refractivity contribution is 6.30. The second-order valence-corrected chi connectivity index (χ2v) is 5.70. The zero-order valence-corrected chi connectivity index (χ0v) is 13.5. The average Bonchev–Trinajstić information content (AvgIpc) is 2.47. The van der Waals surface area contributed by atoms with Crippen molar-refractivity contribution >= 4 is 17.4 Å². The standard InChI is InChI=1S/C17H25ClO2/c1-4-6-7-14(5-2)12-20-13(3)17(19)15-8-10-16(18)11-9-15/h8-11,13-14H,4-7,12H2,1-3H3. The first-order valence-corrected chi connectivity index (χ1v) is 7.87. The molecule has 0 bridgehead atoms. The van der Waals surface area contributed by atoms with Crippen molar-refractivity contribution in [1.29, 1.82) is 0 Å². The first-order valence-electron chi connectivity index (χ1n) is 7.49. The highest BCUT2D eigenvalue weighted by atomic mass is 35.5. The van der Waals surface area contributed by atoms with Crippen LogP contribution in [-0.2, 0) is 4.74 Å². The van der Waals surface area contributed by atoms with E-state index in [1.165, 1.54) is 19.3 Å². The van der Waals surface area contributed by atoms with E-state index in [0.717, 1.165) is 6.42 Å². The first kappa shape index (κ1) is 17.2. The smallest absolute Gasteiger partial charge is 0.191 e. The van der Waals surface area contributed by atoms with Crippen LogP contribution in [0.3, 0.4) is 0 Å². The molecule has 2 nitrogen and oxygen atoms in total. The molecule has 1 aromatic rings. The SMILES string of the molecule is CCCCC(CC)COC(C)C(=O)c1ccc(Cl)cc1. The van der Waals surface area contributed by atoms with Crippen molar-refractivity contribution in [1.82, 2.24) is 0 Å². The number of halogens is 1. The van der Waals surface area contributed by atoms with Gasteiger partial charge in [0.15, 0.2) is 5.78 Å². The normalized spacial score (nSPS) is 14.0. The quantitative estimate of drug-likeness (QED) is 0.589. The van der Waals surface area contributed by atoms with E-state index >= 15 is 0 Å². The monoisotopic (exact) mass is 296 g/mol. The third kappa shape index (κ3) is 5.64. The minimum absolute atomic E-state index is 0.0204. The maximum absolute atomic E-state index is 12.2. The van der Waals surface area contributed by atoms with Gasteiger partial charge >= 0.3 is 0 Å². The van der Waals surface area contributed by atoms with Gasteiger partial charge in [0.1, 0.15) is 6.10 Å². The number of hydrogen-bond acceptors (Lipinski definition) is 2. The Bertz CT molecular complexity index is 400. The summed E-state index contributed by atoms with van der Waals surface area (Å²) in [4.78, 5) is 12.2. The van der Waals surface area contributed by atoms with E-state index < -0.39 is 6.10 Å². The zero-order valence-electron chi connectivity index (χ0n) is 12.7. The molecule has 0 amide bonds. The Hall–Kier alpha value is -0.860. The van der Waals surface area contributed by atoms with Crippen LogP contribution in [-0.4, -0.2) is 18.5 Å². The summed E-state index contributed by atoms with van der Waals surface area (Å²) in [6, 6.07) is 6.97. The van der Waals surface area contributed by atoms with Gasteiger partial charge in [-0.3, -0.25) is 4.79 Å². The molecule has 0 fully saturated rings. The Morgan fingerprint density at radius 3 is 2.45 bits per heavy atom. The third-order valence-corrected chi connectivity index (χ3v) is 3.88. The molecule has 112 valence electrons. The molecule has 2 atom stereocenters. The molecule has 0 aliphatic carbocycles. The molecule has 0 radical (unpaired) electrons. The Kier molecular flexibility index (Phi) is 7.86. The van der Waals surface area contributed by atoms with E-state index in [-0.39, 0.29) is 5.78 Å². The van der Waals surface area contributed by atoms with E-state index in [4.69, 9.17) is 16.3 Å². The zero-order chi connectivity index (χ0) is 15.0. The number of ether oxygens (including phenoxy) is 1. The number of Topliss-reactive ketones (excluding diaryl/α,β-unsaturated/α-hetero) is 1. The van der Waals surface area contributed by atoms with Crippen LogP contribution < -0.4 is 0 Å². The van der Waals surface area contributed by atoms with Gasteiger partial charge in [-0.05, 0) is 43.5 Å². The fourth-order valence-electron chi connectivity index (χ4n) is 2.10. The minimum Gasteiger partial charge on any atom is -0.370 e. The minimum atomic E-state index is -0.396. The summed E-state index contributed by atoms with van der Waals surface area (Å²) in [5.74, 6) is 0.572. The molecule has 0 spiro atoms. The lowest BCUT2D eigenvalue weighted by Gasteiger charge is -2.18. The summed E-state index contributed by atoms with van der Waals surface area (Å²) in [5, 5.41) is 0.640. The molecule has 0 saturated carbocycles. The van der Waals surface area contributed by atoms with Gasteiger partial charge in [0, 0.05) is 10.6 Å². The van der Waals surface area contributed by atoms with Gasteiger partial charge in [-0.25, -0.2) is 0 Å². The van der Waals surface area contributed by atoms with Gasteiger partial charge in [0.2, 0.25) is 0 Å². The van der Waals surface area contributed by atoms with Gasteiger partial charge in [0.25, 0.3) is 0 Å². The van der Waals surface area contributed by atoms with E-state index in [0.29, 0.717) is 23.1 Å². The lowest BCUT2D eigenvalue weighted by Crippen LogP contribution is -2.24. The largest absolute Gasteiger partial charge is 0.370 e. The lowest BCUT2D eigenvalue weighted by molar-refractivity contribution is 0.0321. The summed E-state index contributed by atoms with van der Waals surface area (Å²) in [5.41, 5.74) is 0.656. The number of ketones is 1. The van der Waals surface area contributed by atoms with Gasteiger partial charge in [-0.1, -0.05) is 44.7 Å². The molecule has 20 heavy (non-hydrogen) atoms. The number of benzene rings is 1. The Labute approximate surface area is 127 Å². The van der Waals surface area contributed by atoms with Crippen LogP contribution in [0.15, 0.2) is 24.3 Å². The second-order valence-electron chi connectivity index (χ2n) is 5.26. The summed E-state index contributed by atoms with van der Waals surface area (Å²) >= 11 is 5.82. The molecule has 0 aromatic heterocycles. The number of hydrogen-bond donors (Lipinski definition) is 0. The van der Waals surface area contributed by atoms with E-state index in [1.807, 2.05) is 6.92 Å². The first-order chi connectivity index (χ1) is 9.58. The Morgan fingerprint density at radius 1 is 1.25 bits per heavy atom. The predicted molar refractivity (Wildman–Crippen MR) is 84.5 cm³/mol. The number of carbonyl (C=O) groups is 1. The maximum atomic E-state index is 12.2. The number of carbonyl (C=O) groups excluding carboxylic acids is 1. The van der Waals surface area contributed by atoms with Crippen molar-refractivity contribution < 1.29 is 9.53 Å². The summed E-state index contributed by atoms with van der Waals surface area (Å²) in [7, 11) is 0. The lowest BCUT2D eigenvalue weighted by atomic mass is 10.0. The molecule has 1 aromatic carbocycles. The molecule has 0 heterocycles. The third-order valence-electron chi connectivity index (χ3n) is 3.62. The van der Waals surface area contributed by atoms with Crippen LogP contribution >= 0.6 is 11.6 Å². The topological polar surface area (TPSA) is 26.3 Å². The summed E-state index contributed by atoms with van der Waals surface area (Å²) < 4.78 is 5.76. The number of rotatable bonds is 9. The van der Waals surface area contributed by atoms with Crippen molar-refractivity contribution in [3.63, 3.8) is 0 Å². The predicted octanol–water partition coefficient (Wildman–Crippen LogP) is 5.14. The van der Waals surface area contributed by atoms with E-state index in [2.05, 4.69) is 13.8 Å². The molecule has 1 rings (SSSR count). The molecule has 0 aliphatic rings. The molecule has 0 N–H and O–H groups in total. The highest BCUT2D eigenvalue weighted by Gasteiger charge is 2.17. The van der Waals surface area contributed by atoms with Crippen molar-refractivity contribution in [3.05, 3.63) is 34.9 Å². The Morgan fingerprint density at radius 2 is 1.90 bits per heavy atom. The van der Waals surface area contributed by atoms with Crippen molar-refractivity contribution in [2.24, 2.45) is 5.92 Å². The van der Waals surface area contributed by atoms with Gasteiger partial charge in [-0.15, -0.1) is 0 Å². The van der Waals surface area contributed by atoms with Crippen molar-refractivity contribution in [2.45, 2.75) is 52.6 Å². The van der Waals surface area contributed by atoms with Crippen LogP contribution in [0.2, 0.25) is 5.02 Å². The summed E-state index contributed by atoms with van der Waals surface area (Å²) in [6.45, 7) is 6.86. The molecular formula is C17H25ClO2. The van der Waals surface area contributed by atoms with Gasteiger partial charge < -0.3 is 4.74 Å². The summed E-state index contributed by atoms with van der Waals surface area (Å²) in [6.07, 6.45) is 4.31. The van der Waals surface area contributed by atoms with Crippen molar-refractivity contribution in [3.8, 4) is 0 Å². The highest BCUT2D eigenvalue weighted by Crippen LogP contribution is 2.16. The fraction of sp³-hybridized carbons (Fsp3) is 0.588. The van der Waals surface area contributed by atoms with Gasteiger partial charge in [0.05, 0.1) is 6.61 Å². The maximum Gasteiger partial charge on any atom is 0.191 e. The molecular weight excluding hydrogens is 272 g/mol. The van der Waals surface area contributed by atoms with Gasteiger partial charge in [-0.2, -0.15) is 0 Å². The van der Waals surface area contributed by atoms with Crippen LogP contribution in [0, 0.1) is 5.92 Å². The van der Waals surface area contributed by atoms with Crippen LogP contribution in [0.4, 0.5) is 0 Å². The molecule has 0 saturated heterocycles. The van der Waals surface area contributed by atoms with E-state index in [1.54, 1.807) is 24.3 Å². The van der Waals surface area contributed by atoms with E-state index in [9.17, 15) is 4.79 Å². The van der Waals surface area contributed by atoms with Crippen LogP contribution in [0.1, 0.15) is 56.8 Å².